The first-order chi connectivity index (χ1) is 12.6. The van der Waals surface area contributed by atoms with E-state index in [9.17, 15) is 9.59 Å². The first-order valence-corrected chi connectivity index (χ1v) is 9.42. The van der Waals surface area contributed by atoms with Crippen LogP contribution >= 0.6 is 0 Å². The van der Waals surface area contributed by atoms with Gasteiger partial charge in [0.15, 0.2) is 0 Å². The third kappa shape index (κ3) is 6.36. The van der Waals surface area contributed by atoms with Gasteiger partial charge >= 0.3 is 0 Å². The monoisotopic (exact) mass is 352 g/mol. The molecule has 2 rings (SSSR count). The Morgan fingerprint density at radius 3 is 1.96 bits per heavy atom. The number of carbonyl (C=O) groups excluding carboxylic acids is 2. The minimum absolute atomic E-state index is 0.00668. The molecular formula is C22H28N2O2. The lowest BCUT2D eigenvalue weighted by Crippen LogP contribution is -2.13. The van der Waals surface area contributed by atoms with Gasteiger partial charge < -0.3 is 10.6 Å². The molecule has 0 unspecified atom stereocenters. The third-order valence-corrected chi connectivity index (χ3v) is 4.22. The first-order valence-electron chi connectivity index (χ1n) is 9.42. The van der Waals surface area contributed by atoms with Crippen LogP contribution in [-0.2, 0) is 11.2 Å². The average Bonchev–Trinajstić information content (AvgIpc) is 2.66. The van der Waals surface area contributed by atoms with Crippen molar-refractivity contribution < 1.29 is 9.59 Å². The van der Waals surface area contributed by atoms with Crippen molar-refractivity contribution in [3.05, 3.63) is 59.7 Å². The highest BCUT2D eigenvalue weighted by Gasteiger charge is 2.07. The number of hydrogen-bond donors (Lipinski definition) is 2. The van der Waals surface area contributed by atoms with Gasteiger partial charge in [-0.25, -0.2) is 0 Å². The van der Waals surface area contributed by atoms with Crippen molar-refractivity contribution >= 4 is 23.2 Å². The number of carbonyl (C=O) groups is 2. The molecule has 4 nitrogen and oxygen atoms in total. The molecule has 2 amide bonds. The fraction of sp³-hybridized carbons (Fsp3) is 0.364. The van der Waals surface area contributed by atoms with E-state index in [0.29, 0.717) is 17.7 Å². The molecule has 0 aliphatic carbocycles. The fourth-order valence-corrected chi connectivity index (χ4v) is 2.60. The van der Waals surface area contributed by atoms with E-state index in [2.05, 4.69) is 36.6 Å². The standard InChI is InChI=1S/C22H28N2O2/c1-3-5-7-17-9-13-20(14-10-17)24-22(26)18-11-15-19(16-12-18)23-21(25)8-6-4-2/h9-16H,3-8H2,1-2H3,(H,23,25)(H,24,26). The van der Waals surface area contributed by atoms with E-state index < -0.39 is 0 Å². The van der Waals surface area contributed by atoms with E-state index >= 15 is 0 Å². The van der Waals surface area contributed by atoms with Crippen LogP contribution in [0.3, 0.4) is 0 Å². The van der Waals surface area contributed by atoms with Gasteiger partial charge in [0.25, 0.3) is 5.91 Å². The number of amides is 2. The maximum atomic E-state index is 12.3. The van der Waals surface area contributed by atoms with E-state index in [-0.39, 0.29) is 11.8 Å². The summed E-state index contributed by atoms with van der Waals surface area (Å²) in [4.78, 5) is 24.1. The zero-order valence-electron chi connectivity index (χ0n) is 15.7. The van der Waals surface area contributed by atoms with Gasteiger partial charge in [0, 0.05) is 23.4 Å². The van der Waals surface area contributed by atoms with Crippen molar-refractivity contribution in [1.82, 2.24) is 0 Å². The Morgan fingerprint density at radius 2 is 1.35 bits per heavy atom. The summed E-state index contributed by atoms with van der Waals surface area (Å²) in [7, 11) is 0. The molecule has 0 heterocycles. The van der Waals surface area contributed by atoms with Crippen LogP contribution < -0.4 is 10.6 Å². The Morgan fingerprint density at radius 1 is 0.769 bits per heavy atom. The number of benzene rings is 2. The molecule has 0 atom stereocenters. The summed E-state index contributed by atoms with van der Waals surface area (Å²) in [5, 5.41) is 5.75. The molecule has 26 heavy (non-hydrogen) atoms. The minimum Gasteiger partial charge on any atom is -0.326 e. The highest BCUT2D eigenvalue weighted by molar-refractivity contribution is 6.04. The van der Waals surface area contributed by atoms with E-state index in [1.54, 1.807) is 24.3 Å². The van der Waals surface area contributed by atoms with E-state index in [1.165, 1.54) is 18.4 Å². The molecule has 0 aromatic heterocycles. The molecule has 138 valence electrons. The lowest BCUT2D eigenvalue weighted by Gasteiger charge is -2.08. The average molecular weight is 352 g/mol. The molecule has 0 aliphatic rings. The SMILES string of the molecule is CCCCC(=O)Nc1ccc(C(=O)Nc2ccc(CCCC)cc2)cc1. The number of nitrogens with one attached hydrogen (secondary N) is 2. The van der Waals surface area contributed by atoms with Crippen LogP contribution in [0.1, 0.15) is 61.9 Å². The quantitative estimate of drug-likeness (QED) is 0.634. The van der Waals surface area contributed by atoms with Crippen molar-refractivity contribution in [2.24, 2.45) is 0 Å². The van der Waals surface area contributed by atoms with Gasteiger partial charge in [0.2, 0.25) is 5.91 Å². The summed E-state index contributed by atoms with van der Waals surface area (Å²) >= 11 is 0. The van der Waals surface area contributed by atoms with Crippen LogP contribution in [0.4, 0.5) is 11.4 Å². The van der Waals surface area contributed by atoms with Crippen molar-refractivity contribution in [2.75, 3.05) is 10.6 Å². The van der Waals surface area contributed by atoms with E-state index in [1.807, 2.05) is 12.1 Å². The molecule has 0 bridgehead atoms. The predicted octanol–water partition coefficient (Wildman–Crippen LogP) is 5.41. The highest BCUT2D eigenvalue weighted by atomic mass is 16.2. The lowest BCUT2D eigenvalue weighted by molar-refractivity contribution is -0.116. The largest absolute Gasteiger partial charge is 0.326 e. The van der Waals surface area contributed by atoms with Gasteiger partial charge in [-0.05, 0) is 61.2 Å². The lowest BCUT2D eigenvalue weighted by atomic mass is 10.1. The fourth-order valence-electron chi connectivity index (χ4n) is 2.60. The van der Waals surface area contributed by atoms with Crippen molar-refractivity contribution in [3.63, 3.8) is 0 Å². The molecule has 0 aliphatic heterocycles. The molecule has 0 saturated heterocycles. The molecule has 2 aromatic rings. The second-order valence-corrected chi connectivity index (χ2v) is 6.48. The van der Waals surface area contributed by atoms with Crippen LogP contribution in [0.2, 0.25) is 0 Å². The summed E-state index contributed by atoms with van der Waals surface area (Å²) < 4.78 is 0. The second kappa shape index (κ2) is 10.4. The Kier molecular flexibility index (Phi) is 7.87. The Labute approximate surface area is 156 Å². The Balaban J connectivity index is 1.90. The van der Waals surface area contributed by atoms with E-state index in [4.69, 9.17) is 0 Å². The van der Waals surface area contributed by atoms with Gasteiger partial charge in [0.1, 0.15) is 0 Å². The molecule has 0 radical (unpaired) electrons. The Hall–Kier alpha value is -2.62. The summed E-state index contributed by atoms with van der Waals surface area (Å²) in [6.45, 7) is 4.23. The Bertz CT molecular complexity index is 706. The maximum Gasteiger partial charge on any atom is 0.255 e. The number of hydrogen-bond acceptors (Lipinski definition) is 2. The maximum absolute atomic E-state index is 12.3. The second-order valence-electron chi connectivity index (χ2n) is 6.48. The molecular weight excluding hydrogens is 324 g/mol. The van der Waals surface area contributed by atoms with Gasteiger partial charge in [-0.3, -0.25) is 9.59 Å². The van der Waals surface area contributed by atoms with Crippen LogP contribution in [0.25, 0.3) is 0 Å². The van der Waals surface area contributed by atoms with E-state index in [0.717, 1.165) is 24.9 Å². The van der Waals surface area contributed by atoms with Crippen molar-refractivity contribution in [1.29, 1.82) is 0 Å². The molecule has 0 saturated carbocycles. The van der Waals surface area contributed by atoms with Crippen LogP contribution in [0.15, 0.2) is 48.5 Å². The topological polar surface area (TPSA) is 58.2 Å². The van der Waals surface area contributed by atoms with Crippen molar-refractivity contribution in [2.45, 2.75) is 52.4 Å². The summed E-state index contributed by atoms with van der Waals surface area (Å²) in [5.41, 5.74) is 3.34. The first kappa shape index (κ1) is 19.7. The predicted molar refractivity (Wildman–Crippen MR) is 108 cm³/mol. The van der Waals surface area contributed by atoms with Crippen LogP contribution in [0, 0.1) is 0 Å². The number of unbranched alkanes of at least 4 members (excludes halogenated alkanes) is 2. The minimum atomic E-state index is -0.157. The normalized spacial score (nSPS) is 10.4. The van der Waals surface area contributed by atoms with Gasteiger partial charge in [-0.1, -0.05) is 38.8 Å². The molecule has 0 fully saturated rings. The number of aryl methyl sites for hydroxylation is 1. The van der Waals surface area contributed by atoms with Crippen molar-refractivity contribution in [3.8, 4) is 0 Å². The van der Waals surface area contributed by atoms with Crippen LogP contribution in [-0.4, -0.2) is 11.8 Å². The third-order valence-electron chi connectivity index (χ3n) is 4.22. The zero-order valence-corrected chi connectivity index (χ0v) is 15.7. The summed E-state index contributed by atoms with van der Waals surface area (Å²) in [6.07, 6.45) is 5.80. The van der Waals surface area contributed by atoms with Gasteiger partial charge in [-0.2, -0.15) is 0 Å². The van der Waals surface area contributed by atoms with Gasteiger partial charge in [0.05, 0.1) is 0 Å². The summed E-state index contributed by atoms with van der Waals surface area (Å²) in [5.74, 6) is -0.151. The smallest absolute Gasteiger partial charge is 0.255 e. The van der Waals surface area contributed by atoms with Crippen LogP contribution in [0.5, 0.6) is 0 Å². The molecule has 4 heteroatoms. The molecule has 2 aromatic carbocycles. The molecule has 0 spiro atoms. The highest BCUT2D eigenvalue weighted by Crippen LogP contribution is 2.15. The summed E-state index contributed by atoms with van der Waals surface area (Å²) in [6, 6.07) is 14.9. The van der Waals surface area contributed by atoms with Gasteiger partial charge in [-0.15, -0.1) is 0 Å². The number of rotatable bonds is 9. The zero-order chi connectivity index (χ0) is 18.8. The number of anilines is 2. The molecule has 2 N–H and O–H groups in total.